The Labute approximate surface area is 93.9 Å². The summed E-state index contributed by atoms with van der Waals surface area (Å²) in [6, 6.07) is 6.54. The van der Waals surface area contributed by atoms with Crippen LogP contribution >= 0.6 is 11.6 Å². The average molecular weight is 227 g/mol. The highest BCUT2D eigenvalue weighted by molar-refractivity contribution is 6.30. The predicted molar refractivity (Wildman–Crippen MR) is 58.0 cm³/mol. The van der Waals surface area contributed by atoms with Crippen LogP contribution in [0.25, 0.3) is 0 Å². The van der Waals surface area contributed by atoms with Gasteiger partial charge in [0.2, 0.25) is 0 Å². The van der Waals surface area contributed by atoms with Crippen molar-refractivity contribution in [2.75, 3.05) is 13.6 Å². The molecule has 0 radical (unpaired) electrons. The van der Waals surface area contributed by atoms with E-state index in [4.69, 9.17) is 16.9 Å². The van der Waals surface area contributed by atoms with Crippen LogP contribution in [0.4, 0.5) is 4.39 Å². The molecule has 0 atom stereocenters. The van der Waals surface area contributed by atoms with Gasteiger partial charge in [0, 0.05) is 30.1 Å². The van der Waals surface area contributed by atoms with Crippen LogP contribution in [0.15, 0.2) is 18.2 Å². The van der Waals surface area contributed by atoms with Crippen LogP contribution in [0.2, 0.25) is 5.02 Å². The molecule has 4 heteroatoms. The fourth-order valence-electron chi connectivity index (χ4n) is 1.28. The first-order valence-corrected chi connectivity index (χ1v) is 5.00. The zero-order chi connectivity index (χ0) is 11.3. The lowest BCUT2D eigenvalue weighted by Crippen LogP contribution is -2.19. The van der Waals surface area contributed by atoms with Crippen LogP contribution in [-0.4, -0.2) is 18.5 Å². The third-order valence-electron chi connectivity index (χ3n) is 2.05. The second kappa shape index (κ2) is 5.69. The maximum atomic E-state index is 13.3. The minimum absolute atomic E-state index is 0.261. The quantitative estimate of drug-likeness (QED) is 0.790. The lowest BCUT2D eigenvalue weighted by Gasteiger charge is -2.15. The molecule has 1 aromatic carbocycles. The second-order valence-electron chi connectivity index (χ2n) is 3.38. The molecule has 0 spiro atoms. The third-order valence-corrected chi connectivity index (χ3v) is 2.29. The molecule has 2 nitrogen and oxygen atoms in total. The summed E-state index contributed by atoms with van der Waals surface area (Å²) >= 11 is 5.77. The first-order chi connectivity index (χ1) is 7.13. The summed E-state index contributed by atoms with van der Waals surface area (Å²) in [5, 5.41) is 8.94. The molecule has 0 saturated carbocycles. The Morgan fingerprint density at radius 2 is 2.27 bits per heavy atom. The fraction of sp³-hybridized carbons (Fsp3) is 0.364. The minimum atomic E-state index is -0.261. The average Bonchev–Trinajstić information content (AvgIpc) is 2.20. The number of nitriles is 1. The van der Waals surface area contributed by atoms with Gasteiger partial charge >= 0.3 is 0 Å². The van der Waals surface area contributed by atoms with E-state index in [0.29, 0.717) is 30.1 Å². The molecule has 0 bridgehead atoms. The molecule has 0 fully saturated rings. The van der Waals surface area contributed by atoms with Gasteiger partial charge in [-0.25, -0.2) is 4.39 Å². The van der Waals surface area contributed by atoms with Crippen molar-refractivity contribution < 1.29 is 4.39 Å². The van der Waals surface area contributed by atoms with Crippen LogP contribution in [-0.2, 0) is 6.54 Å². The van der Waals surface area contributed by atoms with Crippen molar-refractivity contribution in [3.63, 3.8) is 0 Å². The van der Waals surface area contributed by atoms with E-state index in [-0.39, 0.29) is 5.82 Å². The number of hydrogen-bond donors (Lipinski definition) is 0. The number of halogens is 2. The van der Waals surface area contributed by atoms with Gasteiger partial charge in [0.25, 0.3) is 0 Å². The van der Waals surface area contributed by atoms with Gasteiger partial charge in [-0.3, -0.25) is 0 Å². The van der Waals surface area contributed by atoms with Crippen molar-refractivity contribution in [2.45, 2.75) is 13.0 Å². The molecule has 0 aromatic heterocycles. The number of benzene rings is 1. The third kappa shape index (κ3) is 3.86. The van der Waals surface area contributed by atoms with Gasteiger partial charge in [-0.2, -0.15) is 5.26 Å². The zero-order valence-electron chi connectivity index (χ0n) is 8.50. The number of rotatable bonds is 4. The molecule has 0 aliphatic carbocycles. The second-order valence-corrected chi connectivity index (χ2v) is 3.82. The Morgan fingerprint density at radius 3 is 2.93 bits per heavy atom. The van der Waals surface area contributed by atoms with Gasteiger partial charge in [0.1, 0.15) is 5.82 Å². The van der Waals surface area contributed by atoms with Crippen molar-refractivity contribution in [3.05, 3.63) is 34.6 Å². The minimum Gasteiger partial charge on any atom is -0.301 e. The SMILES string of the molecule is CN(CCC#N)Cc1cc(Cl)ccc1F. The maximum absolute atomic E-state index is 13.3. The maximum Gasteiger partial charge on any atom is 0.127 e. The summed E-state index contributed by atoms with van der Waals surface area (Å²) in [6.07, 6.45) is 0.443. The first kappa shape index (κ1) is 12.0. The van der Waals surface area contributed by atoms with E-state index in [9.17, 15) is 4.39 Å². The lowest BCUT2D eigenvalue weighted by molar-refractivity contribution is 0.329. The summed E-state index contributed by atoms with van der Waals surface area (Å²) in [5.41, 5.74) is 0.558. The van der Waals surface area contributed by atoms with Gasteiger partial charge < -0.3 is 4.90 Å². The van der Waals surface area contributed by atoms with E-state index in [2.05, 4.69) is 0 Å². The van der Waals surface area contributed by atoms with Gasteiger partial charge in [-0.1, -0.05) is 11.6 Å². The normalized spacial score (nSPS) is 10.3. The van der Waals surface area contributed by atoms with E-state index >= 15 is 0 Å². The van der Waals surface area contributed by atoms with E-state index in [1.165, 1.54) is 12.1 Å². The van der Waals surface area contributed by atoms with Crippen LogP contribution in [0.1, 0.15) is 12.0 Å². The number of nitrogens with zero attached hydrogens (tertiary/aromatic N) is 2. The lowest BCUT2D eigenvalue weighted by atomic mass is 10.2. The molecule has 0 amide bonds. The molecule has 1 rings (SSSR count). The Kier molecular flexibility index (Phi) is 4.54. The molecular formula is C11H12ClFN2. The van der Waals surface area contributed by atoms with E-state index in [0.717, 1.165) is 0 Å². The summed E-state index contributed by atoms with van der Waals surface area (Å²) in [4.78, 5) is 1.89. The standard InChI is InChI=1S/C11H12ClFN2/c1-15(6-2-5-14)8-9-7-10(12)3-4-11(9)13/h3-4,7H,2,6,8H2,1H3. The summed E-state index contributed by atoms with van der Waals surface area (Å²) in [6.45, 7) is 1.09. The first-order valence-electron chi connectivity index (χ1n) is 4.63. The molecule has 0 saturated heterocycles. The molecular weight excluding hydrogens is 215 g/mol. The van der Waals surface area contributed by atoms with Gasteiger partial charge in [0.15, 0.2) is 0 Å². The van der Waals surface area contributed by atoms with Crippen LogP contribution in [0, 0.1) is 17.1 Å². The Hall–Kier alpha value is -1.11. The molecule has 80 valence electrons. The van der Waals surface area contributed by atoms with E-state index in [1.54, 1.807) is 6.07 Å². The molecule has 15 heavy (non-hydrogen) atoms. The molecule has 0 aliphatic rings. The van der Waals surface area contributed by atoms with Gasteiger partial charge in [0.05, 0.1) is 6.07 Å². The summed E-state index contributed by atoms with van der Waals surface area (Å²) in [7, 11) is 1.84. The van der Waals surface area contributed by atoms with Gasteiger partial charge in [-0.05, 0) is 25.2 Å². The van der Waals surface area contributed by atoms with Crippen molar-refractivity contribution in [1.29, 1.82) is 5.26 Å². The highest BCUT2D eigenvalue weighted by atomic mass is 35.5. The Balaban J connectivity index is 2.64. The van der Waals surface area contributed by atoms with Crippen molar-refractivity contribution in [1.82, 2.24) is 4.90 Å². The molecule has 0 heterocycles. The molecule has 1 aromatic rings. The highest BCUT2D eigenvalue weighted by Crippen LogP contribution is 2.16. The van der Waals surface area contributed by atoms with E-state index < -0.39 is 0 Å². The fourth-order valence-corrected chi connectivity index (χ4v) is 1.47. The van der Waals surface area contributed by atoms with Crippen LogP contribution in [0.5, 0.6) is 0 Å². The summed E-state index contributed by atoms with van der Waals surface area (Å²) < 4.78 is 13.3. The van der Waals surface area contributed by atoms with Crippen molar-refractivity contribution in [3.8, 4) is 6.07 Å². The summed E-state index contributed by atoms with van der Waals surface area (Å²) in [5.74, 6) is -0.261. The van der Waals surface area contributed by atoms with Crippen LogP contribution < -0.4 is 0 Å². The highest BCUT2D eigenvalue weighted by Gasteiger charge is 2.06. The number of hydrogen-bond acceptors (Lipinski definition) is 2. The zero-order valence-corrected chi connectivity index (χ0v) is 9.26. The molecule has 0 aliphatic heterocycles. The topological polar surface area (TPSA) is 27.0 Å². The van der Waals surface area contributed by atoms with Crippen LogP contribution in [0.3, 0.4) is 0 Å². The largest absolute Gasteiger partial charge is 0.301 e. The van der Waals surface area contributed by atoms with Gasteiger partial charge in [-0.15, -0.1) is 0 Å². The van der Waals surface area contributed by atoms with E-state index in [1.807, 2.05) is 18.0 Å². The van der Waals surface area contributed by atoms with Crippen molar-refractivity contribution >= 4 is 11.6 Å². The van der Waals surface area contributed by atoms with Crippen molar-refractivity contribution in [2.24, 2.45) is 0 Å². The Bertz CT molecular complexity index is 373. The molecule has 0 N–H and O–H groups in total. The predicted octanol–water partition coefficient (Wildman–Crippen LogP) is 2.82. The molecule has 0 unspecified atom stereocenters. The smallest absolute Gasteiger partial charge is 0.127 e. The Morgan fingerprint density at radius 1 is 1.53 bits per heavy atom. The monoisotopic (exact) mass is 226 g/mol.